The number of methoxy groups -OCH3 is 1. The van der Waals surface area contributed by atoms with Crippen molar-refractivity contribution < 1.29 is 9.26 Å². The molecule has 0 bridgehead atoms. The minimum Gasteiger partial charge on any atom is -0.497 e. The van der Waals surface area contributed by atoms with E-state index in [1.54, 1.807) is 25.5 Å². The van der Waals surface area contributed by atoms with E-state index in [-0.39, 0.29) is 24.0 Å². The molecule has 174 valence electrons. The van der Waals surface area contributed by atoms with Gasteiger partial charge in [-0.15, -0.1) is 35.3 Å². The van der Waals surface area contributed by atoms with E-state index in [1.807, 2.05) is 31.2 Å². The standard InChI is InChI=1S/C22H30N6O2S.HI/c1-15-16(2)31-20(26-15)14-25-22(23-3)24-13-7-5-6-8-19-27-21(28-30-19)17-9-11-18(29-4)12-10-17;/h9-12H,5-8,13-14H2,1-4H3,(H2,23,24,25);1H. The largest absolute Gasteiger partial charge is 0.497 e. The molecule has 1 aromatic carbocycles. The number of aryl methyl sites for hydroxylation is 3. The molecule has 2 heterocycles. The maximum Gasteiger partial charge on any atom is 0.226 e. The van der Waals surface area contributed by atoms with Crippen LogP contribution in [-0.2, 0) is 13.0 Å². The highest BCUT2D eigenvalue weighted by atomic mass is 127. The molecule has 32 heavy (non-hydrogen) atoms. The minimum atomic E-state index is 0. The number of unbranched alkanes of at least 4 members (excludes halogenated alkanes) is 2. The van der Waals surface area contributed by atoms with Gasteiger partial charge in [0.15, 0.2) is 5.96 Å². The molecule has 10 heteroatoms. The van der Waals surface area contributed by atoms with E-state index >= 15 is 0 Å². The SMILES string of the molecule is CN=C(NCCCCCc1nc(-c2ccc(OC)cc2)no1)NCc1nc(C)c(C)s1.I. The van der Waals surface area contributed by atoms with Crippen molar-refractivity contribution in [2.24, 2.45) is 4.99 Å². The number of ether oxygens (including phenoxy) is 1. The third-order valence-electron chi connectivity index (χ3n) is 4.88. The van der Waals surface area contributed by atoms with Crippen LogP contribution in [0.2, 0.25) is 0 Å². The fourth-order valence-corrected chi connectivity index (χ4v) is 3.87. The van der Waals surface area contributed by atoms with Crippen LogP contribution in [0.15, 0.2) is 33.8 Å². The van der Waals surface area contributed by atoms with Gasteiger partial charge in [-0.2, -0.15) is 4.98 Å². The van der Waals surface area contributed by atoms with Crippen LogP contribution in [-0.4, -0.2) is 41.8 Å². The van der Waals surface area contributed by atoms with Crippen LogP contribution < -0.4 is 15.4 Å². The molecule has 0 fully saturated rings. The molecule has 0 aliphatic carbocycles. The Bertz CT molecular complexity index is 967. The van der Waals surface area contributed by atoms with E-state index in [4.69, 9.17) is 9.26 Å². The van der Waals surface area contributed by atoms with Crippen molar-refractivity contribution in [2.75, 3.05) is 20.7 Å². The molecule has 2 N–H and O–H groups in total. The van der Waals surface area contributed by atoms with Gasteiger partial charge >= 0.3 is 0 Å². The highest BCUT2D eigenvalue weighted by Gasteiger charge is 2.09. The van der Waals surface area contributed by atoms with E-state index in [0.717, 1.165) is 60.2 Å². The number of aliphatic imine (C=N–C) groups is 1. The summed E-state index contributed by atoms with van der Waals surface area (Å²) in [4.78, 5) is 14.6. The third kappa shape index (κ3) is 7.73. The Balaban J connectivity index is 0.00000363. The molecular formula is C22H31IN6O2S. The summed E-state index contributed by atoms with van der Waals surface area (Å²) in [6.45, 7) is 5.68. The summed E-state index contributed by atoms with van der Waals surface area (Å²) in [7, 11) is 3.43. The Morgan fingerprint density at radius 1 is 1.09 bits per heavy atom. The first-order valence-electron chi connectivity index (χ1n) is 10.4. The molecule has 3 aromatic rings. The van der Waals surface area contributed by atoms with Gasteiger partial charge in [0.05, 0.1) is 19.3 Å². The van der Waals surface area contributed by atoms with Crippen molar-refractivity contribution in [1.29, 1.82) is 0 Å². The lowest BCUT2D eigenvalue weighted by molar-refractivity contribution is 0.374. The van der Waals surface area contributed by atoms with Crippen molar-refractivity contribution in [3.63, 3.8) is 0 Å². The average Bonchev–Trinajstić information content (AvgIpc) is 3.39. The van der Waals surface area contributed by atoms with Crippen molar-refractivity contribution in [1.82, 2.24) is 25.8 Å². The summed E-state index contributed by atoms with van der Waals surface area (Å²) in [5.74, 6) is 2.89. The molecule has 0 atom stereocenters. The van der Waals surface area contributed by atoms with Crippen molar-refractivity contribution in [2.45, 2.75) is 46.1 Å². The number of aromatic nitrogens is 3. The van der Waals surface area contributed by atoms with Crippen LogP contribution in [0.5, 0.6) is 5.75 Å². The quantitative estimate of drug-likeness (QED) is 0.160. The number of hydrogen-bond donors (Lipinski definition) is 2. The zero-order chi connectivity index (χ0) is 22.1. The molecule has 0 radical (unpaired) electrons. The van der Waals surface area contributed by atoms with Crippen molar-refractivity contribution >= 4 is 41.3 Å². The van der Waals surface area contributed by atoms with Gasteiger partial charge in [-0.3, -0.25) is 4.99 Å². The zero-order valence-electron chi connectivity index (χ0n) is 19.0. The van der Waals surface area contributed by atoms with Crippen molar-refractivity contribution in [3.8, 4) is 17.1 Å². The van der Waals surface area contributed by atoms with Gasteiger partial charge in [0, 0.05) is 30.5 Å². The van der Waals surface area contributed by atoms with Gasteiger partial charge in [-0.05, 0) is 51.0 Å². The number of rotatable bonds is 10. The molecule has 8 nitrogen and oxygen atoms in total. The monoisotopic (exact) mass is 570 g/mol. The number of guanidine groups is 1. The first kappa shape index (κ1) is 26.0. The first-order valence-corrected chi connectivity index (χ1v) is 11.2. The predicted octanol–water partition coefficient (Wildman–Crippen LogP) is 4.51. The molecule has 0 aliphatic heterocycles. The van der Waals surface area contributed by atoms with Crippen LogP contribution in [0.1, 0.15) is 40.7 Å². The molecule has 0 unspecified atom stereocenters. The summed E-state index contributed by atoms with van der Waals surface area (Å²) in [6.07, 6.45) is 3.87. The van der Waals surface area contributed by atoms with Gasteiger partial charge in [0.2, 0.25) is 11.7 Å². The predicted molar refractivity (Wildman–Crippen MR) is 139 cm³/mol. The maximum absolute atomic E-state index is 5.38. The Morgan fingerprint density at radius 2 is 1.88 bits per heavy atom. The van der Waals surface area contributed by atoms with E-state index in [2.05, 4.69) is 37.7 Å². The molecule has 2 aromatic heterocycles. The third-order valence-corrected chi connectivity index (χ3v) is 5.95. The maximum atomic E-state index is 5.38. The van der Waals surface area contributed by atoms with E-state index in [0.29, 0.717) is 18.3 Å². The van der Waals surface area contributed by atoms with E-state index in [9.17, 15) is 0 Å². The lowest BCUT2D eigenvalue weighted by atomic mass is 10.2. The Kier molecular flexibility index (Phi) is 10.9. The fraction of sp³-hybridized carbons (Fsp3) is 0.455. The lowest BCUT2D eigenvalue weighted by Gasteiger charge is -2.10. The number of thiazole rings is 1. The number of halogens is 1. The molecule has 0 saturated heterocycles. The first-order chi connectivity index (χ1) is 15.1. The molecule has 0 saturated carbocycles. The summed E-state index contributed by atoms with van der Waals surface area (Å²) in [6, 6.07) is 7.63. The topological polar surface area (TPSA) is 97.5 Å². The number of hydrogen-bond acceptors (Lipinski definition) is 7. The second kappa shape index (κ2) is 13.4. The lowest BCUT2D eigenvalue weighted by Crippen LogP contribution is -2.37. The van der Waals surface area contributed by atoms with Gasteiger partial charge in [-0.25, -0.2) is 4.98 Å². The molecule has 0 aliphatic rings. The molecule has 0 amide bonds. The van der Waals surface area contributed by atoms with Crippen LogP contribution in [0, 0.1) is 13.8 Å². The molecule has 0 spiro atoms. The van der Waals surface area contributed by atoms with Crippen LogP contribution >= 0.6 is 35.3 Å². The van der Waals surface area contributed by atoms with Crippen LogP contribution in [0.3, 0.4) is 0 Å². The summed E-state index contributed by atoms with van der Waals surface area (Å²) in [5, 5.41) is 11.8. The van der Waals surface area contributed by atoms with Crippen molar-refractivity contribution in [3.05, 3.63) is 45.7 Å². The summed E-state index contributed by atoms with van der Waals surface area (Å²) >= 11 is 1.72. The normalized spacial score (nSPS) is 11.2. The molecular weight excluding hydrogens is 539 g/mol. The minimum absolute atomic E-state index is 0. The van der Waals surface area contributed by atoms with Crippen LogP contribution in [0.25, 0.3) is 11.4 Å². The highest BCUT2D eigenvalue weighted by Crippen LogP contribution is 2.20. The van der Waals surface area contributed by atoms with Gasteiger partial charge in [0.1, 0.15) is 10.8 Å². The van der Waals surface area contributed by atoms with E-state index in [1.165, 1.54) is 4.88 Å². The van der Waals surface area contributed by atoms with Crippen LogP contribution in [0.4, 0.5) is 0 Å². The Hall–Kier alpha value is -2.21. The Labute approximate surface area is 210 Å². The number of nitrogens with zero attached hydrogens (tertiary/aromatic N) is 4. The van der Waals surface area contributed by atoms with Gasteiger partial charge in [-0.1, -0.05) is 11.6 Å². The van der Waals surface area contributed by atoms with Gasteiger partial charge < -0.3 is 19.9 Å². The number of nitrogens with one attached hydrogen (secondary N) is 2. The number of benzene rings is 1. The van der Waals surface area contributed by atoms with E-state index < -0.39 is 0 Å². The molecule has 3 rings (SSSR count). The Morgan fingerprint density at radius 3 is 2.53 bits per heavy atom. The second-order valence-electron chi connectivity index (χ2n) is 7.15. The van der Waals surface area contributed by atoms with Gasteiger partial charge in [0.25, 0.3) is 0 Å². The summed E-state index contributed by atoms with van der Waals surface area (Å²) < 4.78 is 10.6. The fourth-order valence-electron chi connectivity index (χ4n) is 2.99. The average molecular weight is 571 g/mol. The summed E-state index contributed by atoms with van der Waals surface area (Å²) in [5.41, 5.74) is 2.02. The second-order valence-corrected chi connectivity index (χ2v) is 8.44. The smallest absolute Gasteiger partial charge is 0.226 e. The zero-order valence-corrected chi connectivity index (χ0v) is 22.1. The highest BCUT2D eigenvalue weighted by molar-refractivity contribution is 14.0.